The first-order chi connectivity index (χ1) is 13.2. The summed E-state index contributed by atoms with van der Waals surface area (Å²) in [6.07, 6.45) is 2.21. The van der Waals surface area contributed by atoms with Gasteiger partial charge in [0.05, 0.1) is 24.5 Å². The predicted molar refractivity (Wildman–Crippen MR) is 107 cm³/mol. The summed E-state index contributed by atoms with van der Waals surface area (Å²) >= 11 is 0. The van der Waals surface area contributed by atoms with Gasteiger partial charge in [-0.05, 0) is 46.7 Å². The third-order valence-corrected chi connectivity index (χ3v) is 4.71. The highest BCUT2D eigenvalue weighted by atomic mass is 16.5. The highest BCUT2D eigenvalue weighted by Crippen LogP contribution is 2.21. The molecule has 1 N–H and O–H groups in total. The number of aromatic nitrogens is 2. The molecule has 1 heterocycles. The van der Waals surface area contributed by atoms with Crippen molar-refractivity contribution in [1.29, 1.82) is 0 Å². The first-order valence-electron chi connectivity index (χ1n) is 8.96. The first kappa shape index (κ1) is 17.1. The Labute approximate surface area is 157 Å². The van der Waals surface area contributed by atoms with E-state index in [1.54, 1.807) is 13.4 Å². The van der Waals surface area contributed by atoms with Gasteiger partial charge in [-0.3, -0.25) is 4.79 Å². The lowest BCUT2D eigenvalue weighted by molar-refractivity contribution is -0.121. The van der Waals surface area contributed by atoms with Crippen molar-refractivity contribution >= 4 is 27.7 Å². The molecule has 0 aliphatic carbocycles. The van der Waals surface area contributed by atoms with Crippen molar-refractivity contribution in [2.75, 3.05) is 7.11 Å². The van der Waals surface area contributed by atoms with Gasteiger partial charge in [0.25, 0.3) is 0 Å². The van der Waals surface area contributed by atoms with Crippen LogP contribution in [0.25, 0.3) is 21.8 Å². The van der Waals surface area contributed by atoms with Crippen molar-refractivity contribution in [1.82, 2.24) is 14.9 Å². The zero-order chi connectivity index (χ0) is 18.6. The number of imidazole rings is 1. The van der Waals surface area contributed by atoms with E-state index in [-0.39, 0.29) is 5.91 Å². The molecule has 1 aromatic heterocycles. The summed E-state index contributed by atoms with van der Waals surface area (Å²) in [5.41, 5.74) is 3.08. The Morgan fingerprint density at radius 1 is 1.07 bits per heavy atom. The second-order valence-corrected chi connectivity index (χ2v) is 6.50. The van der Waals surface area contributed by atoms with E-state index in [1.807, 2.05) is 53.1 Å². The van der Waals surface area contributed by atoms with Gasteiger partial charge in [0.2, 0.25) is 5.91 Å². The maximum absolute atomic E-state index is 12.2. The standard InChI is InChI=1S/C22H21N3O2/c1-27-19-9-8-17-12-16(6-7-18(17)13-19)14-23-22(26)10-11-25-15-24-20-4-2-3-5-21(20)25/h2-9,12-13,15H,10-11,14H2,1H3,(H,23,26). The van der Waals surface area contributed by atoms with E-state index in [1.165, 1.54) is 0 Å². The van der Waals surface area contributed by atoms with Crippen LogP contribution in [0.2, 0.25) is 0 Å². The van der Waals surface area contributed by atoms with Crippen molar-refractivity contribution in [3.8, 4) is 5.75 Å². The number of carbonyl (C=O) groups excluding carboxylic acids is 1. The Kier molecular flexibility index (Phi) is 4.75. The SMILES string of the molecule is COc1ccc2cc(CNC(=O)CCn3cnc4ccccc43)ccc2c1. The molecule has 0 bridgehead atoms. The number of fused-ring (bicyclic) bond motifs is 2. The zero-order valence-corrected chi connectivity index (χ0v) is 15.2. The van der Waals surface area contributed by atoms with Crippen LogP contribution < -0.4 is 10.1 Å². The number of amides is 1. The molecular weight excluding hydrogens is 338 g/mol. The molecule has 4 aromatic rings. The molecule has 136 valence electrons. The lowest BCUT2D eigenvalue weighted by atomic mass is 10.1. The Bertz CT molecular complexity index is 1100. The van der Waals surface area contributed by atoms with Gasteiger partial charge in [-0.25, -0.2) is 4.98 Å². The summed E-state index contributed by atoms with van der Waals surface area (Å²) in [6, 6.07) is 20.1. The van der Waals surface area contributed by atoms with E-state index < -0.39 is 0 Å². The van der Waals surface area contributed by atoms with Crippen LogP contribution >= 0.6 is 0 Å². The second-order valence-electron chi connectivity index (χ2n) is 6.50. The minimum atomic E-state index is 0.0302. The Morgan fingerprint density at radius 3 is 2.78 bits per heavy atom. The molecule has 0 spiro atoms. The average Bonchev–Trinajstić information content (AvgIpc) is 3.13. The van der Waals surface area contributed by atoms with Crippen LogP contribution in [0, 0.1) is 0 Å². The number of ether oxygens (including phenoxy) is 1. The van der Waals surface area contributed by atoms with E-state index in [9.17, 15) is 4.79 Å². The van der Waals surface area contributed by atoms with Gasteiger partial charge in [-0.15, -0.1) is 0 Å². The molecule has 0 fully saturated rings. The van der Waals surface area contributed by atoms with Gasteiger partial charge in [0.15, 0.2) is 0 Å². The monoisotopic (exact) mass is 359 g/mol. The van der Waals surface area contributed by atoms with E-state index >= 15 is 0 Å². The second kappa shape index (κ2) is 7.50. The normalized spacial score (nSPS) is 11.0. The van der Waals surface area contributed by atoms with Crippen LogP contribution in [0.4, 0.5) is 0 Å². The molecular formula is C22H21N3O2. The highest BCUT2D eigenvalue weighted by Gasteiger charge is 2.06. The molecule has 1 amide bonds. The number of rotatable bonds is 6. The van der Waals surface area contributed by atoms with Crippen LogP contribution in [0.3, 0.4) is 0 Å². The van der Waals surface area contributed by atoms with Gasteiger partial charge in [0, 0.05) is 19.5 Å². The summed E-state index contributed by atoms with van der Waals surface area (Å²) in [7, 11) is 1.66. The third-order valence-electron chi connectivity index (χ3n) is 4.71. The smallest absolute Gasteiger partial charge is 0.222 e. The number of carbonyl (C=O) groups is 1. The molecule has 0 aliphatic rings. The molecule has 0 radical (unpaired) electrons. The summed E-state index contributed by atoms with van der Waals surface area (Å²) in [6.45, 7) is 1.13. The number of para-hydroxylation sites is 2. The van der Waals surface area contributed by atoms with Gasteiger partial charge >= 0.3 is 0 Å². The van der Waals surface area contributed by atoms with Crippen LogP contribution in [0.15, 0.2) is 67.0 Å². The maximum Gasteiger partial charge on any atom is 0.222 e. The van der Waals surface area contributed by atoms with Crippen LogP contribution in [-0.2, 0) is 17.9 Å². The number of hydrogen-bond acceptors (Lipinski definition) is 3. The van der Waals surface area contributed by atoms with Gasteiger partial charge < -0.3 is 14.6 Å². The molecule has 0 aliphatic heterocycles. The van der Waals surface area contributed by atoms with E-state index in [4.69, 9.17) is 4.74 Å². The van der Waals surface area contributed by atoms with Crippen molar-refractivity contribution in [2.24, 2.45) is 0 Å². The fourth-order valence-electron chi connectivity index (χ4n) is 3.21. The summed E-state index contributed by atoms with van der Waals surface area (Å²) in [5.74, 6) is 0.873. The molecule has 0 atom stereocenters. The fourth-order valence-corrected chi connectivity index (χ4v) is 3.21. The maximum atomic E-state index is 12.2. The van der Waals surface area contributed by atoms with Crippen LogP contribution in [0.1, 0.15) is 12.0 Å². The summed E-state index contributed by atoms with van der Waals surface area (Å²) in [4.78, 5) is 16.6. The molecule has 4 rings (SSSR count). The minimum absolute atomic E-state index is 0.0302. The van der Waals surface area contributed by atoms with E-state index in [2.05, 4.69) is 22.4 Å². The number of benzene rings is 3. The zero-order valence-electron chi connectivity index (χ0n) is 15.2. The van der Waals surface area contributed by atoms with Gasteiger partial charge in [0.1, 0.15) is 5.75 Å². The Hall–Kier alpha value is -3.34. The van der Waals surface area contributed by atoms with Crippen LogP contribution in [0.5, 0.6) is 5.75 Å². The van der Waals surface area contributed by atoms with Crippen LogP contribution in [-0.4, -0.2) is 22.6 Å². The van der Waals surface area contributed by atoms with Crippen molar-refractivity contribution in [2.45, 2.75) is 19.5 Å². The molecule has 3 aromatic carbocycles. The molecule has 0 unspecified atom stereocenters. The molecule has 0 saturated heterocycles. The Balaban J connectivity index is 1.35. The third kappa shape index (κ3) is 3.77. The van der Waals surface area contributed by atoms with Crippen molar-refractivity contribution < 1.29 is 9.53 Å². The van der Waals surface area contributed by atoms with E-state index in [0.717, 1.165) is 33.1 Å². The summed E-state index contributed by atoms with van der Waals surface area (Å²) in [5, 5.41) is 5.25. The lowest BCUT2D eigenvalue weighted by Gasteiger charge is -2.08. The van der Waals surface area contributed by atoms with Crippen molar-refractivity contribution in [3.05, 3.63) is 72.6 Å². The van der Waals surface area contributed by atoms with E-state index in [0.29, 0.717) is 19.5 Å². The molecule has 5 nitrogen and oxygen atoms in total. The lowest BCUT2D eigenvalue weighted by Crippen LogP contribution is -2.23. The quantitative estimate of drug-likeness (QED) is 0.568. The highest BCUT2D eigenvalue weighted by molar-refractivity contribution is 5.84. The molecule has 5 heteroatoms. The fraction of sp³-hybridized carbons (Fsp3) is 0.182. The van der Waals surface area contributed by atoms with Gasteiger partial charge in [-0.2, -0.15) is 0 Å². The number of nitrogens with zero attached hydrogens (tertiary/aromatic N) is 2. The number of hydrogen-bond donors (Lipinski definition) is 1. The predicted octanol–water partition coefficient (Wildman–Crippen LogP) is 3.90. The largest absolute Gasteiger partial charge is 0.497 e. The number of aryl methyl sites for hydroxylation is 1. The Morgan fingerprint density at radius 2 is 1.89 bits per heavy atom. The number of nitrogens with one attached hydrogen (secondary N) is 1. The molecule has 27 heavy (non-hydrogen) atoms. The first-order valence-corrected chi connectivity index (χ1v) is 8.96. The van der Waals surface area contributed by atoms with Gasteiger partial charge in [-0.1, -0.05) is 30.3 Å². The average molecular weight is 359 g/mol. The van der Waals surface area contributed by atoms with Crippen molar-refractivity contribution in [3.63, 3.8) is 0 Å². The minimum Gasteiger partial charge on any atom is -0.497 e. The summed E-state index contributed by atoms with van der Waals surface area (Å²) < 4.78 is 7.26. The number of methoxy groups -OCH3 is 1. The topological polar surface area (TPSA) is 56.1 Å². The molecule has 0 saturated carbocycles.